The molecule has 0 atom stereocenters. The van der Waals surface area contributed by atoms with Crippen LogP contribution in [0.15, 0.2) is 37.2 Å². The lowest BCUT2D eigenvalue weighted by atomic mass is 10.3. The maximum Gasteiger partial charge on any atom is 0.340 e. The fourth-order valence-electron chi connectivity index (χ4n) is 0.774. The molecule has 1 heterocycles. The smallest absolute Gasteiger partial charge is 0.340 e. The van der Waals surface area contributed by atoms with E-state index in [1.807, 2.05) is 6.08 Å². The highest BCUT2D eigenvalue weighted by molar-refractivity contribution is 9.09. The Hall–Kier alpha value is -0.590. The molecule has 0 saturated carbocycles. The van der Waals surface area contributed by atoms with E-state index in [1.165, 1.54) is 17.0 Å². The lowest BCUT2D eigenvalue weighted by Gasteiger charge is -2.02. The highest BCUT2D eigenvalue weighted by Gasteiger charge is 2.05. The van der Waals surface area contributed by atoms with E-state index >= 15 is 0 Å². The van der Waals surface area contributed by atoms with Crippen LogP contribution in [0, 0.1) is 0 Å². The zero-order chi connectivity index (χ0) is 11.6. The Labute approximate surface area is 106 Å². The van der Waals surface area contributed by atoms with E-state index < -0.39 is 0 Å². The van der Waals surface area contributed by atoms with Crippen LogP contribution < -0.4 is 0 Å². The van der Waals surface area contributed by atoms with Gasteiger partial charge in [0.15, 0.2) is 0 Å². The molecule has 0 spiro atoms. The highest BCUT2D eigenvalue weighted by atomic mass is 33.5. The number of rotatable bonds is 7. The molecule has 0 radical (unpaired) electrons. The van der Waals surface area contributed by atoms with Gasteiger partial charge in [-0.05, 0) is 32.8 Å². The topological polar surface area (TPSA) is 39.2 Å². The Morgan fingerprint density at radius 3 is 3.12 bits per heavy atom. The number of esters is 1. The fraction of sp³-hybridized carbons (Fsp3) is 0.200. The maximum atomic E-state index is 11.4. The number of hydrogen-bond acceptors (Lipinski definition) is 6. The zero-order valence-electron chi connectivity index (χ0n) is 8.50. The standard InChI is InChI=1S/C10H11NO2S3/c1-2-6-14-16-15-8-13-10(12)9-4-3-5-11-7-9/h2-5,7H,1,6,8H2. The number of ether oxygens (including phenoxy) is 1. The van der Waals surface area contributed by atoms with Crippen LogP contribution in [-0.4, -0.2) is 22.6 Å². The van der Waals surface area contributed by atoms with Crippen LogP contribution in [0.3, 0.4) is 0 Å². The van der Waals surface area contributed by atoms with Crippen molar-refractivity contribution in [2.45, 2.75) is 0 Å². The Morgan fingerprint density at radius 2 is 2.44 bits per heavy atom. The van der Waals surface area contributed by atoms with Crippen LogP contribution in [0.4, 0.5) is 0 Å². The molecule has 1 aromatic heterocycles. The van der Waals surface area contributed by atoms with E-state index in [1.54, 1.807) is 38.9 Å². The van der Waals surface area contributed by atoms with Crippen LogP contribution in [0.2, 0.25) is 0 Å². The van der Waals surface area contributed by atoms with Gasteiger partial charge in [-0.2, -0.15) is 0 Å². The first-order valence-electron chi connectivity index (χ1n) is 4.43. The Kier molecular flexibility index (Phi) is 7.20. The van der Waals surface area contributed by atoms with E-state index in [2.05, 4.69) is 11.6 Å². The van der Waals surface area contributed by atoms with Gasteiger partial charge in [0.2, 0.25) is 0 Å². The molecular formula is C10H11NO2S3. The summed E-state index contributed by atoms with van der Waals surface area (Å²) < 4.78 is 5.03. The first kappa shape index (κ1) is 13.5. The number of carbonyl (C=O) groups is 1. The van der Waals surface area contributed by atoms with Gasteiger partial charge in [-0.25, -0.2) is 4.79 Å². The summed E-state index contributed by atoms with van der Waals surface area (Å²) in [6, 6.07) is 3.39. The summed E-state index contributed by atoms with van der Waals surface area (Å²) >= 11 is 0. The number of pyridine rings is 1. The van der Waals surface area contributed by atoms with E-state index in [0.717, 1.165) is 5.75 Å². The lowest BCUT2D eigenvalue weighted by Crippen LogP contribution is -2.04. The number of carbonyl (C=O) groups excluding carboxylic acids is 1. The summed E-state index contributed by atoms with van der Waals surface area (Å²) in [4.78, 5) is 15.3. The molecule has 0 aliphatic heterocycles. The van der Waals surface area contributed by atoms with Crippen molar-refractivity contribution >= 4 is 37.4 Å². The molecule has 0 aromatic carbocycles. The number of hydrogen-bond donors (Lipinski definition) is 0. The Balaban J connectivity index is 2.14. The van der Waals surface area contributed by atoms with Crippen molar-refractivity contribution in [1.82, 2.24) is 4.98 Å². The van der Waals surface area contributed by atoms with Crippen LogP contribution >= 0.6 is 31.4 Å². The van der Waals surface area contributed by atoms with Crippen molar-refractivity contribution in [3.8, 4) is 0 Å². The third-order valence-corrected chi connectivity index (χ3v) is 5.20. The van der Waals surface area contributed by atoms with Crippen LogP contribution in [0.1, 0.15) is 10.4 Å². The summed E-state index contributed by atoms with van der Waals surface area (Å²) in [5.41, 5.74) is 0.479. The van der Waals surface area contributed by atoms with Crippen molar-refractivity contribution in [3.63, 3.8) is 0 Å². The van der Waals surface area contributed by atoms with Crippen LogP contribution in [0.5, 0.6) is 0 Å². The van der Waals surface area contributed by atoms with E-state index in [-0.39, 0.29) is 5.97 Å². The molecule has 0 bridgehead atoms. The van der Waals surface area contributed by atoms with Crippen molar-refractivity contribution < 1.29 is 9.53 Å². The van der Waals surface area contributed by atoms with Gasteiger partial charge in [0.05, 0.1) is 5.56 Å². The molecule has 1 aromatic rings. The van der Waals surface area contributed by atoms with Gasteiger partial charge in [0, 0.05) is 18.1 Å². The van der Waals surface area contributed by atoms with Gasteiger partial charge < -0.3 is 4.74 Å². The van der Waals surface area contributed by atoms with Gasteiger partial charge in [-0.3, -0.25) is 4.98 Å². The lowest BCUT2D eigenvalue weighted by molar-refractivity contribution is 0.0580. The number of nitrogens with zero attached hydrogens (tertiary/aromatic N) is 1. The average molecular weight is 273 g/mol. The van der Waals surface area contributed by atoms with Crippen LogP contribution in [-0.2, 0) is 4.74 Å². The van der Waals surface area contributed by atoms with Gasteiger partial charge in [-0.1, -0.05) is 16.9 Å². The van der Waals surface area contributed by atoms with Gasteiger partial charge in [-0.15, -0.1) is 6.58 Å². The molecule has 0 N–H and O–H groups in total. The first-order valence-corrected chi connectivity index (χ1v) is 8.26. The molecule has 0 aliphatic rings. The Morgan fingerprint density at radius 1 is 1.56 bits per heavy atom. The zero-order valence-corrected chi connectivity index (χ0v) is 10.9. The second-order valence-electron chi connectivity index (χ2n) is 2.55. The molecule has 86 valence electrons. The minimum Gasteiger partial charge on any atom is -0.450 e. The van der Waals surface area contributed by atoms with Crippen molar-refractivity contribution in [2.24, 2.45) is 0 Å². The predicted molar refractivity (Wildman–Crippen MR) is 72.4 cm³/mol. The van der Waals surface area contributed by atoms with Crippen LogP contribution in [0.25, 0.3) is 0 Å². The molecular weight excluding hydrogens is 262 g/mol. The second kappa shape index (κ2) is 8.55. The number of aromatic nitrogens is 1. The normalized spacial score (nSPS) is 9.75. The van der Waals surface area contributed by atoms with E-state index in [9.17, 15) is 4.79 Å². The minimum atomic E-state index is -0.338. The molecule has 0 saturated heterocycles. The van der Waals surface area contributed by atoms with Gasteiger partial charge in [0.1, 0.15) is 5.94 Å². The fourth-order valence-corrected chi connectivity index (χ4v) is 3.58. The van der Waals surface area contributed by atoms with E-state index in [0.29, 0.717) is 11.5 Å². The maximum absolute atomic E-state index is 11.4. The van der Waals surface area contributed by atoms with Gasteiger partial charge >= 0.3 is 5.97 Å². The third kappa shape index (κ3) is 5.48. The van der Waals surface area contributed by atoms with Gasteiger partial charge in [0.25, 0.3) is 0 Å². The SMILES string of the molecule is C=CCSSSCOC(=O)c1cccnc1. The molecule has 0 amide bonds. The average Bonchev–Trinajstić information content (AvgIpc) is 2.34. The summed E-state index contributed by atoms with van der Waals surface area (Å²) in [5.74, 6) is 0.881. The molecule has 6 heteroatoms. The summed E-state index contributed by atoms with van der Waals surface area (Å²) in [7, 11) is 4.73. The first-order chi connectivity index (χ1) is 7.84. The predicted octanol–water partition coefficient (Wildman–Crippen LogP) is 3.41. The monoisotopic (exact) mass is 273 g/mol. The van der Waals surface area contributed by atoms with Crippen molar-refractivity contribution in [2.75, 3.05) is 11.7 Å². The largest absolute Gasteiger partial charge is 0.450 e. The summed E-state index contributed by atoms with van der Waals surface area (Å²) in [6.45, 7) is 3.61. The van der Waals surface area contributed by atoms with E-state index in [4.69, 9.17) is 4.74 Å². The summed E-state index contributed by atoms with van der Waals surface area (Å²) in [6.07, 6.45) is 4.94. The van der Waals surface area contributed by atoms with Crippen molar-refractivity contribution in [1.29, 1.82) is 0 Å². The minimum absolute atomic E-state index is 0.336. The Bertz CT molecular complexity index is 332. The summed E-state index contributed by atoms with van der Waals surface area (Å²) in [5, 5.41) is 0. The molecule has 0 unspecified atom stereocenters. The second-order valence-corrected chi connectivity index (χ2v) is 6.77. The quantitative estimate of drug-likeness (QED) is 0.249. The molecule has 16 heavy (non-hydrogen) atoms. The third-order valence-electron chi connectivity index (χ3n) is 1.42. The molecule has 3 nitrogen and oxygen atoms in total. The molecule has 1 rings (SSSR count). The molecule has 0 fully saturated rings. The van der Waals surface area contributed by atoms with Crippen molar-refractivity contribution in [3.05, 3.63) is 42.7 Å². The highest BCUT2D eigenvalue weighted by Crippen LogP contribution is 2.34. The molecule has 0 aliphatic carbocycles.